The molecule has 0 spiro atoms. The molecule has 146 valence electrons. The molecule has 9 heteroatoms. The minimum absolute atomic E-state index is 0.110. The normalized spacial score (nSPS) is 13.6. The molecule has 0 saturated heterocycles. The van der Waals surface area contributed by atoms with Crippen LogP contribution < -0.4 is 15.5 Å². The number of fused-ring (bicyclic) bond motifs is 1. The SMILES string of the molecule is CN1CCc2cc(C(O)CNC(=O)C(=O)Nc3ccc([N+](=O)[O-])cc3)ccc21. The van der Waals surface area contributed by atoms with Gasteiger partial charge in [0.25, 0.3) is 5.69 Å². The Hall–Kier alpha value is -3.46. The molecule has 2 aromatic carbocycles. The number of carbonyl (C=O) groups is 2. The van der Waals surface area contributed by atoms with Gasteiger partial charge in [-0.2, -0.15) is 0 Å². The van der Waals surface area contributed by atoms with Gasteiger partial charge < -0.3 is 20.6 Å². The van der Waals surface area contributed by atoms with E-state index in [0.29, 0.717) is 5.56 Å². The van der Waals surface area contributed by atoms with E-state index >= 15 is 0 Å². The summed E-state index contributed by atoms with van der Waals surface area (Å²) in [5, 5.41) is 25.6. The molecular weight excluding hydrogens is 364 g/mol. The lowest BCUT2D eigenvalue weighted by atomic mass is 10.0. The summed E-state index contributed by atoms with van der Waals surface area (Å²) in [6.45, 7) is 0.815. The molecule has 3 rings (SSSR count). The molecule has 0 radical (unpaired) electrons. The van der Waals surface area contributed by atoms with Crippen molar-refractivity contribution in [3.8, 4) is 0 Å². The fourth-order valence-corrected chi connectivity index (χ4v) is 3.04. The Kier molecular flexibility index (Phi) is 5.55. The van der Waals surface area contributed by atoms with Gasteiger partial charge in [0.15, 0.2) is 0 Å². The van der Waals surface area contributed by atoms with E-state index in [1.165, 1.54) is 24.3 Å². The number of nitro groups is 1. The molecule has 1 heterocycles. The molecule has 2 aromatic rings. The lowest BCUT2D eigenvalue weighted by Crippen LogP contribution is -2.37. The van der Waals surface area contributed by atoms with E-state index in [4.69, 9.17) is 0 Å². The van der Waals surface area contributed by atoms with E-state index in [2.05, 4.69) is 15.5 Å². The number of aliphatic hydroxyl groups is 1. The van der Waals surface area contributed by atoms with Crippen LogP contribution in [-0.4, -0.2) is 42.0 Å². The number of nitrogens with zero attached hydrogens (tertiary/aromatic N) is 2. The van der Waals surface area contributed by atoms with E-state index in [1.54, 1.807) is 6.07 Å². The van der Waals surface area contributed by atoms with Gasteiger partial charge in [0.05, 0.1) is 11.0 Å². The first kappa shape index (κ1) is 19.3. The number of likely N-dealkylation sites (N-methyl/N-ethyl adjacent to an activating group) is 1. The summed E-state index contributed by atoms with van der Waals surface area (Å²) in [5.41, 5.74) is 3.08. The number of hydrogen-bond acceptors (Lipinski definition) is 6. The van der Waals surface area contributed by atoms with Gasteiger partial charge in [-0.25, -0.2) is 0 Å². The minimum Gasteiger partial charge on any atom is -0.387 e. The van der Waals surface area contributed by atoms with E-state index < -0.39 is 22.8 Å². The fraction of sp³-hybridized carbons (Fsp3) is 0.263. The molecule has 0 saturated carbocycles. The highest BCUT2D eigenvalue weighted by molar-refractivity contribution is 6.39. The molecule has 28 heavy (non-hydrogen) atoms. The third-order valence-corrected chi connectivity index (χ3v) is 4.61. The first-order chi connectivity index (χ1) is 13.3. The number of nitrogens with one attached hydrogen (secondary N) is 2. The van der Waals surface area contributed by atoms with E-state index in [-0.39, 0.29) is 17.9 Å². The zero-order valence-corrected chi connectivity index (χ0v) is 15.2. The number of benzene rings is 2. The second-order valence-corrected chi connectivity index (χ2v) is 6.54. The lowest BCUT2D eigenvalue weighted by Gasteiger charge is -2.15. The molecule has 1 unspecified atom stereocenters. The summed E-state index contributed by atoms with van der Waals surface area (Å²) in [4.78, 5) is 36.1. The molecule has 2 amide bonds. The predicted octanol–water partition coefficient (Wildman–Crippen LogP) is 1.38. The van der Waals surface area contributed by atoms with E-state index in [9.17, 15) is 24.8 Å². The summed E-state index contributed by atoms with van der Waals surface area (Å²) in [6.07, 6.45) is -0.0385. The predicted molar refractivity (Wildman–Crippen MR) is 103 cm³/mol. The van der Waals surface area contributed by atoms with Crippen molar-refractivity contribution in [2.24, 2.45) is 0 Å². The van der Waals surface area contributed by atoms with Gasteiger partial charge in [-0.05, 0) is 35.7 Å². The van der Waals surface area contributed by atoms with Crippen molar-refractivity contribution < 1.29 is 19.6 Å². The second-order valence-electron chi connectivity index (χ2n) is 6.54. The van der Waals surface area contributed by atoms with Crippen molar-refractivity contribution >= 4 is 28.9 Å². The van der Waals surface area contributed by atoms with Crippen molar-refractivity contribution in [3.05, 3.63) is 63.7 Å². The number of hydrogen-bond donors (Lipinski definition) is 3. The van der Waals surface area contributed by atoms with Gasteiger partial charge in [0, 0.05) is 43.6 Å². The van der Waals surface area contributed by atoms with Crippen LogP contribution in [0.3, 0.4) is 0 Å². The highest BCUT2D eigenvalue weighted by Gasteiger charge is 2.20. The first-order valence-corrected chi connectivity index (χ1v) is 8.71. The highest BCUT2D eigenvalue weighted by Crippen LogP contribution is 2.29. The van der Waals surface area contributed by atoms with Gasteiger partial charge in [-0.3, -0.25) is 19.7 Å². The number of anilines is 2. The maximum absolute atomic E-state index is 11.9. The standard InChI is InChI=1S/C19H20N4O5/c1-22-9-8-12-10-13(2-7-16(12)22)17(24)11-20-18(25)19(26)21-14-3-5-15(6-4-14)23(27)28/h2-7,10,17,24H,8-9,11H2,1H3,(H,20,25)(H,21,26). The van der Waals surface area contributed by atoms with Crippen LogP contribution in [0.15, 0.2) is 42.5 Å². The van der Waals surface area contributed by atoms with E-state index in [0.717, 1.165) is 24.2 Å². The third-order valence-electron chi connectivity index (χ3n) is 4.61. The van der Waals surface area contributed by atoms with E-state index in [1.807, 2.05) is 19.2 Å². The smallest absolute Gasteiger partial charge is 0.313 e. The van der Waals surface area contributed by atoms with Gasteiger partial charge in [-0.1, -0.05) is 12.1 Å². The lowest BCUT2D eigenvalue weighted by molar-refractivity contribution is -0.384. The van der Waals surface area contributed by atoms with Crippen LogP contribution >= 0.6 is 0 Å². The topological polar surface area (TPSA) is 125 Å². The molecule has 9 nitrogen and oxygen atoms in total. The van der Waals surface area contributed by atoms with Gasteiger partial charge in [-0.15, -0.1) is 0 Å². The second kappa shape index (κ2) is 8.05. The van der Waals surface area contributed by atoms with Crippen LogP contribution in [0.2, 0.25) is 0 Å². The Bertz CT molecular complexity index is 913. The first-order valence-electron chi connectivity index (χ1n) is 8.71. The third kappa shape index (κ3) is 4.26. The largest absolute Gasteiger partial charge is 0.387 e. The molecule has 0 fully saturated rings. The van der Waals surface area contributed by atoms with Crippen LogP contribution in [0.25, 0.3) is 0 Å². The van der Waals surface area contributed by atoms with Crippen LogP contribution in [-0.2, 0) is 16.0 Å². The summed E-state index contributed by atoms with van der Waals surface area (Å²) < 4.78 is 0. The summed E-state index contributed by atoms with van der Waals surface area (Å²) in [5.74, 6) is -1.82. The summed E-state index contributed by atoms with van der Waals surface area (Å²) >= 11 is 0. The van der Waals surface area contributed by atoms with Crippen molar-refractivity contribution in [2.45, 2.75) is 12.5 Å². The van der Waals surface area contributed by atoms with Crippen molar-refractivity contribution in [3.63, 3.8) is 0 Å². The minimum atomic E-state index is -0.938. The number of rotatable bonds is 5. The Morgan fingerprint density at radius 3 is 2.61 bits per heavy atom. The fourth-order valence-electron chi connectivity index (χ4n) is 3.04. The van der Waals surface area contributed by atoms with Crippen LogP contribution in [0.1, 0.15) is 17.2 Å². The van der Waals surface area contributed by atoms with Crippen LogP contribution in [0.5, 0.6) is 0 Å². The van der Waals surface area contributed by atoms with Gasteiger partial charge >= 0.3 is 11.8 Å². The van der Waals surface area contributed by atoms with Crippen LogP contribution in [0.4, 0.5) is 17.1 Å². The van der Waals surface area contributed by atoms with Crippen molar-refractivity contribution in [2.75, 3.05) is 30.4 Å². The molecular formula is C19H20N4O5. The molecule has 0 aromatic heterocycles. The molecule has 0 aliphatic carbocycles. The number of non-ortho nitro benzene ring substituents is 1. The summed E-state index contributed by atoms with van der Waals surface area (Å²) in [7, 11) is 2.01. The van der Waals surface area contributed by atoms with Crippen LogP contribution in [0, 0.1) is 10.1 Å². The molecule has 1 aliphatic heterocycles. The number of nitro benzene ring substituents is 1. The maximum Gasteiger partial charge on any atom is 0.313 e. The van der Waals surface area contributed by atoms with Crippen molar-refractivity contribution in [1.29, 1.82) is 0 Å². The van der Waals surface area contributed by atoms with Crippen molar-refractivity contribution in [1.82, 2.24) is 5.32 Å². The number of carbonyl (C=O) groups excluding carboxylic acids is 2. The Balaban J connectivity index is 1.53. The monoisotopic (exact) mass is 384 g/mol. The molecule has 3 N–H and O–H groups in total. The Morgan fingerprint density at radius 2 is 1.93 bits per heavy atom. The zero-order chi connectivity index (χ0) is 20.3. The Morgan fingerprint density at radius 1 is 1.21 bits per heavy atom. The average Bonchev–Trinajstić information content (AvgIpc) is 3.06. The summed E-state index contributed by atoms with van der Waals surface area (Å²) in [6, 6.07) is 10.8. The maximum atomic E-state index is 11.9. The average molecular weight is 384 g/mol. The zero-order valence-electron chi connectivity index (χ0n) is 15.2. The number of amides is 2. The quantitative estimate of drug-likeness (QED) is 0.406. The molecule has 1 aliphatic rings. The Labute approximate surface area is 161 Å². The van der Waals surface area contributed by atoms with Gasteiger partial charge in [0.1, 0.15) is 0 Å². The highest BCUT2D eigenvalue weighted by atomic mass is 16.6. The van der Waals surface area contributed by atoms with Gasteiger partial charge in [0.2, 0.25) is 0 Å². The number of aliphatic hydroxyl groups excluding tert-OH is 1. The molecule has 1 atom stereocenters. The molecule has 0 bridgehead atoms.